The third-order valence-corrected chi connectivity index (χ3v) is 9.88. The van der Waals surface area contributed by atoms with Gasteiger partial charge in [-0.1, -0.05) is 137 Å². The number of phenols is 1. The first-order chi connectivity index (χ1) is 30.1. The summed E-state index contributed by atoms with van der Waals surface area (Å²) in [6, 6.07) is 28.9. The van der Waals surface area contributed by atoms with Crippen LogP contribution >= 0.6 is 0 Å². The number of fused-ring (bicyclic) bond motifs is 1. The number of pyridine rings is 1. The average Bonchev–Trinajstić information content (AvgIpc) is 3.65. The second-order valence-electron chi connectivity index (χ2n) is 15.2. The molecule has 0 amide bonds. The summed E-state index contributed by atoms with van der Waals surface area (Å²) in [5.41, 5.74) is 8.09. The molecule has 0 saturated heterocycles. The smallest absolute Gasteiger partial charge is 0.148 e. The maximum absolute atomic E-state index is 11.7. The number of aromatic nitrogens is 3. The summed E-state index contributed by atoms with van der Waals surface area (Å²) in [5.74, 6) is -0.431. The Kier molecular flexibility index (Phi) is 7.98. The number of nitrogens with zero attached hydrogens (tertiary/aromatic N) is 3. The van der Waals surface area contributed by atoms with E-state index >= 15 is 0 Å². The minimum absolute atomic E-state index is 0. The molecule has 56 heavy (non-hydrogen) atoms. The number of hydrogen-bond donors (Lipinski definition) is 1. The summed E-state index contributed by atoms with van der Waals surface area (Å²) in [5, 5.41) is 11.7. The first-order valence-electron chi connectivity index (χ1n) is 22.7. The number of benzene rings is 6. The Morgan fingerprint density at radius 1 is 0.768 bits per heavy atom. The fourth-order valence-electron chi connectivity index (χ4n) is 7.06. The Morgan fingerprint density at radius 3 is 2.25 bits per heavy atom. The topological polar surface area (TPSA) is 50.9 Å². The van der Waals surface area contributed by atoms with Crippen LogP contribution in [0.5, 0.6) is 5.75 Å². The van der Waals surface area contributed by atoms with Crippen LogP contribution in [0, 0.1) is 19.9 Å². The third-order valence-electron chi connectivity index (χ3n) is 9.88. The standard InChI is InChI=1S/C51H46N3O.Pt/c1-32(2)44-31-41(21-22-42(44)36-17-12-9-13-18-36)54-47-20-14-19-43(48(47)53-50(54)45-26-33(3)25-34(4)49(45)55)38-27-39(29-40(28-38)51(5,6)7)46-30-37(23-24-52-46)35-15-10-8-11-16-35;/h8-26,28-32,55H,1-7H3;/q-1;/i8D,10D,11D,15D,16D,23D,24D,30D,32D;. The van der Waals surface area contributed by atoms with Crippen LogP contribution in [-0.2, 0) is 26.5 Å². The molecule has 0 fully saturated rings. The van der Waals surface area contributed by atoms with Gasteiger partial charge < -0.3 is 5.11 Å². The summed E-state index contributed by atoms with van der Waals surface area (Å²) in [7, 11) is 0. The summed E-state index contributed by atoms with van der Waals surface area (Å²) in [4.78, 5) is 9.72. The Morgan fingerprint density at radius 2 is 1.52 bits per heavy atom. The van der Waals surface area contributed by atoms with E-state index in [0.717, 1.165) is 33.5 Å². The third kappa shape index (κ3) is 7.39. The molecule has 6 aromatic carbocycles. The van der Waals surface area contributed by atoms with E-state index in [9.17, 15) is 7.85 Å². The number of aromatic hydroxyl groups is 1. The van der Waals surface area contributed by atoms with Crippen molar-refractivity contribution in [3.63, 3.8) is 0 Å². The van der Waals surface area contributed by atoms with Gasteiger partial charge >= 0.3 is 0 Å². The number of hydrogen-bond acceptors (Lipinski definition) is 3. The summed E-state index contributed by atoms with van der Waals surface area (Å²) >= 11 is 0. The van der Waals surface area contributed by atoms with Gasteiger partial charge in [0, 0.05) is 40.0 Å². The minimum Gasteiger partial charge on any atom is -0.507 e. The molecule has 0 saturated carbocycles. The van der Waals surface area contributed by atoms with Crippen LogP contribution in [-0.4, -0.2) is 19.6 Å². The molecule has 5 heteroatoms. The predicted octanol–water partition coefficient (Wildman–Crippen LogP) is 13.3. The SMILES string of the molecule is [2H]c1nc(-c2[c-]c(-c3cccc4c3nc(-c3cc(C)cc(C)c3O)n4-c3ccc(-c4ccccc4)c(C([2H])(C)C)c3)cc(C(C)(C)C)c2)c([2H])c(-c2c([2H])c([2H])c([2H])c([2H])c2[2H])c1[2H].[Pt]. The molecule has 0 unspecified atom stereocenters. The van der Waals surface area contributed by atoms with E-state index in [1.54, 1.807) is 0 Å². The van der Waals surface area contributed by atoms with E-state index in [1.165, 1.54) is 0 Å². The van der Waals surface area contributed by atoms with Gasteiger partial charge in [0.2, 0.25) is 0 Å². The van der Waals surface area contributed by atoms with Crippen molar-refractivity contribution in [3.8, 4) is 67.5 Å². The van der Waals surface area contributed by atoms with E-state index in [-0.39, 0.29) is 49.7 Å². The molecule has 2 aromatic heterocycles. The van der Waals surface area contributed by atoms with Crippen molar-refractivity contribution < 1.29 is 38.5 Å². The van der Waals surface area contributed by atoms with Gasteiger partial charge in [-0.25, -0.2) is 4.98 Å². The fourth-order valence-corrected chi connectivity index (χ4v) is 7.06. The number of para-hydroxylation sites is 1. The fraction of sp³-hybridized carbons (Fsp3) is 0.176. The maximum atomic E-state index is 11.7. The van der Waals surface area contributed by atoms with Crippen LogP contribution in [0.25, 0.3) is 72.7 Å². The second kappa shape index (κ2) is 15.5. The molecule has 0 aliphatic carbocycles. The second-order valence-corrected chi connectivity index (χ2v) is 15.2. The zero-order chi connectivity index (χ0) is 46.3. The number of phenolic OH excluding ortho intramolecular Hbond substituents is 1. The maximum Gasteiger partial charge on any atom is 0.148 e. The van der Waals surface area contributed by atoms with Crippen molar-refractivity contribution in [3.05, 3.63) is 168 Å². The van der Waals surface area contributed by atoms with Crippen LogP contribution < -0.4 is 0 Å². The van der Waals surface area contributed by atoms with Crippen molar-refractivity contribution in [2.75, 3.05) is 0 Å². The molecular weight excluding hydrogens is 866 g/mol. The van der Waals surface area contributed by atoms with Gasteiger partial charge in [0.25, 0.3) is 0 Å². The van der Waals surface area contributed by atoms with Crippen LogP contribution in [0.15, 0.2) is 139 Å². The van der Waals surface area contributed by atoms with Crippen molar-refractivity contribution in [2.45, 2.75) is 59.8 Å². The molecule has 8 aromatic rings. The quantitative estimate of drug-likeness (QED) is 0.162. The van der Waals surface area contributed by atoms with E-state index in [4.69, 9.17) is 14.6 Å². The van der Waals surface area contributed by atoms with E-state index in [1.807, 2.05) is 144 Å². The van der Waals surface area contributed by atoms with E-state index in [0.29, 0.717) is 44.7 Å². The van der Waals surface area contributed by atoms with Crippen molar-refractivity contribution in [2.24, 2.45) is 0 Å². The van der Waals surface area contributed by atoms with Gasteiger partial charge in [-0.3, -0.25) is 9.55 Å². The Balaban J connectivity index is 0.00000630. The molecule has 0 radical (unpaired) electrons. The first-order valence-corrected chi connectivity index (χ1v) is 18.2. The summed E-state index contributed by atoms with van der Waals surface area (Å²) in [6.45, 7) is 13.6. The molecular formula is C51H46N3OPt-. The van der Waals surface area contributed by atoms with Crippen LogP contribution in [0.3, 0.4) is 0 Å². The van der Waals surface area contributed by atoms with Crippen molar-refractivity contribution in [1.29, 1.82) is 0 Å². The molecule has 0 spiro atoms. The summed E-state index contributed by atoms with van der Waals surface area (Å²) in [6.07, 6.45) is -0.531. The van der Waals surface area contributed by atoms with E-state index < -0.39 is 53.7 Å². The number of aryl methyl sites for hydroxylation is 2. The Hall–Kier alpha value is -5.57. The molecule has 0 bridgehead atoms. The molecule has 0 aliphatic heterocycles. The Bertz CT molecular complexity index is 3180. The largest absolute Gasteiger partial charge is 0.507 e. The zero-order valence-corrected chi connectivity index (χ0v) is 34.5. The predicted molar refractivity (Wildman–Crippen MR) is 229 cm³/mol. The summed E-state index contributed by atoms with van der Waals surface area (Å²) < 4.78 is 80.2. The van der Waals surface area contributed by atoms with Crippen LogP contribution in [0.4, 0.5) is 0 Å². The molecule has 2 heterocycles. The van der Waals surface area contributed by atoms with Gasteiger partial charge in [0.1, 0.15) is 11.6 Å². The molecule has 282 valence electrons. The normalized spacial score (nSPS) is 14.0. The van der Waals surface area contributed by atoms with Gasteiger partial charge in [-0.05, 0) is 94.4 Å². The van der Waals surface area contributed by atoms with Crippen molar-refractivity contribution in [1.82, 2.24) is 14.5 Å². The zero-order valence-electron chi connectivity index (χ0n) is 41.3. The van der Waals surface area contributed by atoms with Gasteiger partial charge in [0.15, 0.2) is 0 Å². The molecule has 8 rings (SSSR count). The number of rotatable bonds is 7. The van der Waals surface area contributed by atoms with Gasteiger partial charge in [-0.15, -0.1) is 29.3 Å². The van der Waals surface area contributed by atoms with Crippen LogP contribution in [0.2, 0.25) is 0 Å². The van der Waals surface area contributed by atoms with Gasteiger partial charge in [0.05, 0.1) is 27.6 Å². The minimum atomic E-state index is -0.992. The van der Waals surface area contributed by atoms with Gasteiger partial charge in [-0.2, -0.15) is 0 Å². The van der Waals surface area contributed by atoms with Crippen molar-refractivity contribution >= 4 is 11.0 Å². The number of imidazole rings is 1. The molecule has 1 N–H and O–H groups in total. The van der Waals surface area contributed by atoms with Crippen LogP contribution in [0.1, 0.15) is 75.1 Å². The monoisotopic (exact) mass is 920 g/mol. The molecule has 4 nitrogen and oxygen atoms in total. The Labute approximate surface area is 357 Å². The first kappa shape index (κ1) is 28.8. The van der Waals surface area contributed by atoms with E-state index in [2.05, 4.69) is 11.1 Å². The molecule has 0 aliphatic rings. The molecule has 0 atom stereocenters. The average molecular weight is 921 g/mol.